The lowest BCUT2D eigenvalue weighted by Crippen LogP contribution is -2.39. The Labute approximate surface area is 140 Å². The molecule has 2 fully saturated rings. The molecular weight excluding hydrogens is 292 g/mol. The number of amides is 1. The molecule has 132 valence electrons. The molecule has 23 heavy (non-hydrogen) atoms. The lowest BCUT2D eigenvalue weighted by Gasteiger charge is -2.27. The van der Waals surface area contributed by atoms with E-state index in [1.54, 1.807) is 0 Å². The first kappa shape index (κ1) is 18.2. The molecule has 2 atom stereocenters. The summed E-state index contributed by atoms with van der Waals surface area (Å²) < 4.78 is 0. The van der Waals surface area contributed by atoms with Crippen molar-refractivity contribution in [3.63, 3.8) is 0 Å². The Bertz CT molecular complexity index is 407. The Hall–Kier alpha value is -1.10. The summed E-state index contributed by atoms with van der Waals surface area (Å²) in [6, 6.07) is 0.272. The van der Waals surface area contributed by atoms with E-state index in [0.717, 1.165) is 44.7 Å². The minimum absolute atomic E-state index is 0.0801. The number of aliphatic carboxylic acids is 1. The Morgan fingerprint density at radius 3 is 2.48 bits per heavy atom. The van der Waals surface area contributed by atoms with Gasteiger partial charge in [0.2, 0.25) is 5.91 Å². The van der Waals surface area contributed by atoms with Gasteiger partial charge in [-0.25, -0.2) is 0 Å². The van der Waals surface area contributed by atoms with Crippen molar-refractivity contribution < 1.29 is 14.7 Å². The van der Waals surface area contributed by atoms with E-state index in [9.17, 15) is 9.59 Å². The number of carboxylic acids is 1. The predicted molar refractivity (Wildman–Crippen MR) is 90.2 cm³/mol. The Morgan fingerprint density at radius 2 is 1.83 bits per heavy atom. The van der Waals surface area contributed by atoms with Gasteiger partial charge in [0.15, 0.2) is 0 Å². The highest BCUT2D eigenvalue weighted by molar-refractivity contribution is 5.78. The molecule has 2 unspecified atom stereocenters. The molecule has 1 amide bonds. The van der Waals surface area contributed by atoms with Crippen LogP contribution in [0, 0.1) is 11.8 Å². The SMILES string of the molecule is CC(CC1CCCC1)C(=O)N1CCCC(N(C)CC(=O)O)CC1. The molecule has 1 heterocycles. The summed E-state index contributed by atoms with van der Waals surface area (Å²) in [6.07, 6.45) is 9.10. The van der Waals surface area contributed by atoms with E-state index in [1.165, 1.54) is 25.7 Å². The molecule has 5 nitrogen and oxygen atoms in total. The zero-order chi connectivity index (χ0) is 16.8. The fraction of sp³-hybridized carbons (Fsp3) is 0.889. The number of likely N-dealkylation sites (N-methyl/N-ethyl adjacent to an activating group) is 1. The molecular formula is C18H32N2O3. The van der Waals surface area contributed by atoms with E-state index < -0.39 is 5.97 Å². The molecule has 1 N–H and O–H groups in total. The second-order valence-corrected chi connectivity index (χ2v) is 7.51. The highest BCUT2D eigenvalue weighted by Gasteiger charge is 2.28. The Balaban J connectivity index is 1.81. The van der Waals surface area contributed by atoms with Crippen molar-refractivity contribution in [1.82, 2.24) is 9.80 Å². The summed E-state index contributed by atoms with van der Waals surface area (Å²) in [5.74, 6) is 0.398. The van der Waals surface area contributed by atoms with Gasteiger partial charge in [-0.05, 0) is 38.6 Å². The molecule has 5 heteroatoms. The van der Waals surface area contributed by atoms with Crippen molar-refractivity contribution in [2.45, 2.75) is 64.3 Å². The van der Waals surface area contributed by atoms with E-state index in [-0.39, 0.29) is 18.5 Å². The van der Waals surface area contributed by atoms with Crippen LogP contribution in [0.15, 0.2) is 0 Å². The van der Waals surface area contributed by atoms with E-state index in [0.29, 0.717) is 5.91 Å². The molecule has 1 saturated heterocycles. The largest absolute Gasteiger partial charge is 0.480 e. The van der Waals surface area contributed by atoms with Gasteiger partial charge in [-0.1, -0.05) is 32.6 Å². The second kappa shape index (κ2) is 8.67. The maximum atomic E-state index is 12.7. The fourth-order valence-electron chi connectivity index (χ4n) is 4.24. The molecule has 1 saturated carbocycles. The summed E-state index contributed by atoms with van der Waals surface area (Å²) >= 11 is 0. The highest BCUT2D eigenvalue weighted by Crippen LogP contribution is 2.31. The monoisotopic (exact) mass is 324 g/mol. The summed E-state index contributed by atoms with van der Waals surface area (Å²) in [6.45, 7) is 3.75. The quantitative estimate of drug-likeness (QED) is 0.816. The third-order valence-corrected chi connectivity index (χ3v) is 5.60. The van der Waals surface area contributed by atoms with Crippen LogP contribution in [-0.2, 0) is 9.59 Å². The average molecular weight is 324 g/mol. The fourth-order valence-corrected chi connectivity index (χ4v) is 4.24. The van der Waals surface area contributed by atoms with Crippen LogP contribution in [0.5, 0.6) is 0 Å². The topological polar surface area (TPSA) is 60.9 Å². The Morgan fingerprint density at radius 1 is 1.13 bits per heavy atom. The number of hydrogen-bond donors (Lipinski definition) is 1. The number of nitrogens with zero attached hydrogens (tertiary/aromatic N) is 2. The van der Waals surface area contributed by atoms with Gasteiger partial charge in [-0.15, -0.1) is 0 Å². The molecule has 0 aromatic rings. The molecule has 0 bridgehead atoms. The minimum atomic E-state index is -0.783. The summed E-state index contributed by atoms with van der Waals surface area (Å²) in [5, 5.41) is 8.93. The van der Waals surface area contributed by atoms with Crippen LogP contribution < -0.4 is 0 Å². The Kier molecular flexibility index (Phi) is 6.88. The van der Waals surface area contributed by atoms with Gasteiger partial charge < -0.3 is 10.0 Å². The first-order valence-corrected chi connectivity index (χ1v) is 9.18. The smallest absolute Gasteiger partial charge is 0.317 e. The maximum absolute atomic E-state index is 12.7. The van der Waals surface area contributed by atoms with Gasteiger partial charge in [-0.2, -0.15) is 0 Å². The summed E-state index contributed by atoms with van der Waals surface area (Å²) in [7, 11) is 1.87. The van der Waals surface area contributed by atoms with Crippen molar-refractivity contribution in [2.24, 2.45) is 11.8 Å². The minimum Gasteiger partial charge on any atom is -0.480 e. The molecule has 0 radical (unpaired) electrons. The number of carbonyl (C=O) groups excluding carboxylic acids is 1. The normalized spacial score (nSPS) is 24.7. The van der Waals surface area contributed by atoms with E-state index in [4.69, 9.17) is 5.11 Å². The van der Waals surface area contributed by atoms with Gasteiger partial charge in [0.25, 0.3) is 0 Å². The molecule has 2 rings (SSSR count). The molecule has 2 aliphatic rings. The molecule has 1 aliphatic heterocycles. The van der Waals surface area contributed by atoms with E-state index >= 15 is 0 Å². The maximum Gasteiger partial charge on any atom is 0.317 e. The number of likely N-dealkylation sites (tertiary alicyclic amines) is 1. The van der Waals surface area contributed by atoms with Gasteiger partial charge in [0.1, 0.15) is 0 Å². The standard InChI is InChI=1S/C18H32N2O3/c1-14(12-15-6-3-4-7-15)18(23)20-10-5-8-16(9-11-20)19(2)13-17(21)22/h14-16H,3-13H2,1-2H3,(H,21,22). The van der Waals surface area contributed by atoms with Gasteiger partial charge in [0.05, 0.1) is 6.54 Å². The van der Waals surface area contributed by atoms with Crippen molar-refractivity contribution in [3.8, 4) is 0 Å². The average Bonchev–Trinajstić information content (AvgIpc) is 2.87. The van der Waals surface area contributed by atoms with Crippen molar-refractivity contribution in [3.05, 3.63) is 0 Å². The predicted octanol–water partition coefficient (Wildman–Crippen LogP) is 2.60. The van der Waals surface area contributed by atoms with Crippen molar-refractivity contribution >= 4 is 11.9 Å². The number of rotatable bonds is 6. The highest BCUT2D eigenvalue weighted by atomic mass is 16.4. The van der Waals surface area contributed by atoms with Crippen molar-refractivity contribution in [1.29, 1.82) is 0 Å². The lowest BCUT2D eigenvalue weighted by molar-refractivity contribution is -0.139. The van der Waals surface area contributed by atoms with Crippen LogP contribution in [0.2, 0.25) is 0 Å². The second-order valence-electron chi connectivity index (χ2n) is 7.51. The van der Waals surface area contributed by atoms with Crippen LogP contribution in [0.25, 0.3) is 0 Å². The van der Waals surface area contributed by atoms with Crippen LogP contribution >= 0.6 is 0 Å². The number of hydrogen-bond acceptors (Lipinski definition) is 3. The molecule has 0 aromatic heterocycles. The van der Waals surface area contributed by atoms with Crippen LogP contribution in [0.1, 0.15) is 58.3 Å². The van der Waals surface area contributed by atoms with Gasteiger partial charge in [-0.3, -0.25) is 14.5 Å². The summed E-state index contributed by atoms with van der Waals surface area (Å²) in [4.78, 5) is 27.5. The van der Waals surface area contributed by atoms with Crippen LogP contribution in [-0.4, -0.2) is 59.5 Å². The van der Waals surface area contributed by atoms with Gasteiger partial charge in [0, 0.05) is 25.0 Å². The zero-order valence-corrected chi connectivity index (χ0v) is 14.7. The van der Waals surface area contributed by atoms with Crippen LogP contribution in [0.4, 0.5) is 0 Å². The van der Waals surface area contributed by atoms with Crippen LogP contribution in [0.3, 0.4) is 0 Å². The first-order valence-electron chi connectivity index (χ1n) is 9.18. The van der Waals surface area contributed by atoms with Crippen molar-refractivity contribution in [2.75, 3.05) is 26.7 Å². The third kappa shape index (κ3) is 5.48. The first-order chi connectivity index (χ1) is 11.0. The van der Waals surface area contributed by atoms with E-state index in [2.05, 4.69) is 6.92 Å². The third-order valence-electron chi connectivity index (χ3n) is 5.60. The van der Waals surface area contributed by atoms with Gasteiger partial charge >= 0.3 is 5.97 Å². The zero-order valence-electron chi connectivity index (χ0n) is 14.7. The molecule has 1 aliphatic carbocycles. The number of carbonyl (C=O) groups is 2. The van der Waals surface area contributed by atoms with E-state index in [1.807, 2.05) is 16.8 Å². The lowest BCUT2D eigenvalue weighted by atomic mass is 9.93. The number of carboxylic acid groups (broad SMARTS) is 1. The summed E-state index contributed by atoms with van der Waals surface area (Å²) in [5.41, 5.74) is 0. The molecule has 0 spiro atoms. The molecule has 0 aromatic carbocycles.